The van der Waals surface area contributed by atoms with Crippen molar-refractivity contribution >= 4 is 5.96 Å². The molecule has 170 valence electrons. The molecule has 10 nitrogen and oxygen atoms in total. The third kappa shape index (κ3) is 6.04. The standard InChI is InChI=1S/C21H35N9O/c1-17-25-26-20(28(17)2)16-24-21(22-8-10-29-11-13-31-14-12-29)23-15-18-7-9-30(27-18)19-5-3-4-6-19/h7,9,19H,3-6,8,10-16H2,1-2H3,(H2,22,23,24). The average Bonchev–Trinajstić information content (AvgIpc) is 3.54. The molecule has 0 atom stereocenters. The van der Waals surface area contributed by atoms with Crippen molar-refractivity contribution in [2.45, 2.75) is 51.7 Å². The van der Waals surface area contributed by atoms with E-state index in [0.29, 0.717) is 19.1 Å². The number of morpholine rings is 1. The van der Waals surface area contributed by atoms with Gasteiger partial charge in [0.1, 0.15) is 5.82 Å². The number of ether oxygens (including phenoxy) is 1. The maximum Gasteiger partial charge on any atom is 0.192 e. The van der Waals surface area contributed by atoms with Gasteiger partial charge >= 0.3 is 0 Å². The minimum absolute atomic E-state index is 0.546. The Bertz CT molecular complexity index is 847. The lowest BCUT2D eigenvalue weighted by atomic mass is 10.3. The molecule has 31 heavy (non-hydrogen) atoms. The van der Waals surface area contributed by atoms with E-state index in [1.54, 1.807) is 0 Å². The Hall–Kier alpha value is -2.46. The second-order valence-corrected chi connectivity index (χ2v) is 8.35. The first kappa shape index (κ1) is 21.8. The topological polar surface area (TPSA) is 97.4 Å². The van der Waals surface area contributed by atoms with E-state index in [4.69, 9.17) is 14.8 Å². The maximum atomic E-state index is 5.43. The van der Waals surface area contributed by atoms with Gasteiger partial charge in [0, 0.05) is 39.4 Å². The van der Waals surface area contributed by atoms with Crippen LogP contribution in [0.4, 0.5) is 0 Å². The van der Waals surface area contributed by atoms with Crippen molar-refractivity contribution < 1.29 is 4.74 Å². The first-order valence-electron chi connectivity index (χ1n) is 11.4. The van der Waals surface area contributed by atoms with Crippen LogP contribution in [0.3, 0.4) is 0 Å². The molecular formula is C21H35N9O. The van der Waals surface area contributed by atoms with Gasteiger partial charge in [0.2, 0.25) is 0 Å². The van der Waals surface area contributed by atoms with Gasteiger partial charge in [-0.3, -0.25) is 9.58 Å². The van der Waals surface area contributed by atoms with Gasteiger partial charge in [-0.2, -0.15) is 5.10 Å². The summed E-state index contributed by atoms with van der Waals surface area (Å²) in [6, 6.07) is 2.64. The molecule has 1 aliphatic carbocycles. The Morgan fingerprint density at radius 3 is 2.74 bits per heavy atom. The van der Waals surface area contributed by atoms with E-state index in [1.165, 1.54) is 25.7 Å². The van der Waals surface area contributed by atoms with Crippen molar-refractivity contribution in [2.75, 3.05) is 39.4 Å². The Kier molecular flexibility index (Phi) is 7.52. The van der Waals surface area contributed by atoms with Crippen molar-refractivity contribution in [3.63, 3.8) is 0 Å². The number of hydrogen-bond donors (Lipinski definition) is 2. The molecule has 10 heteroatoms. The summed E-state index contributed by atoms with van der Waals surface area (Å²) in [6.45, 7) is 8.44. The lowest BCUT2D eigenvalue weighted by Crippen LogP contribution is -2.44. The van der Waals surface area contributed by atoms with E-state index in [0.717, 1.165) is 62.7 Å². The number of rotatable bonds is 8. The molecule has 0 spiro atoms. The van der Waals surface area contributed by atoms with Crippen molar-refractivity contribution in [3.8, 4) is 0 Å². The molecule has 2 fully saturated rings. The number of aromatic nitrogens is 5. The van der Waals surface area contributed by atoms with Gasteiger partial charge in [-0.25, -0.2) is 4.99 Å². The molecule has 1 aliphatic heterocycles. The monoisotopic (exact) mass is 429 g/mol. The van der Waals surface area contributed by atoms with Gasteiger partial charge in [0.15, 0.2) is 11.8 Å². The normalized spacial score (nSPS) is 18.6. The van der Waals surface area contributed by atoms with Gasteiger partial charge in [-0.05, 0) is 25.8 Å². The number of guanidine groups is 1. The Morgan fingerprint density at radius 2 is 2.00 bits per heavy atom. The van der Waals surface area contributed by atoms with Crippen LogP contribution in [0, 0.1) is 6.92 Å². The third-order valence-electron chi connectivity index (χ3n) is 6.18. The van der Waals surface area contributed by atoms with Crippen molar-refractivity contribution in [1.29, 1.82) is 0 Å². The van der Waals surface area contributed by atoms with Crippen molar-refractivity contribution in [1.82, 2.24) is 40.1 Å². The summed E-state index contributed by atoms with van der Waals surface area (Å²) in [5, 5.41) is 20.0. The van der Waals surface area contributed by atoms with Gasteiger partial charge in [-0.15, -0.1) is 10.2 Å². The van der Waals surface area contributed by atoms with E-state index >= 15 is 0 Å². The zero-order chi connectivity index (χ0) is 21.5. The van der Waals surface area contributed by atoms with Crippen molar-refractivity contribution in [3.05, 3.63) is 29.6 Å². The van der Waals surface area contributed by atoms with Gasteiger partial charge in [0.05, 0.1) is 38.0 Å². The van der Waals surface area contributed by atoms with Crippen LogP contribution in [0.15, 0.2) is 17.3 Å². The van der Waals surface area contributed by atoms with Crippen LogP contribution in [-0.2, 0) is 24.9 Å². The average molecular weight is 430 g/mol. The van der Waals surface area contributed by atoms with Crippen LogP contribution < -0.4 is 10.6 Å². The number of aliphatic imine (C=N–C) groups is 1. The van der Waals surface area contributed by atoms with Crippen LogP contribution in [0.2, 0.25) is 0 Å². The number of hydrogen-bond acceptors (Lipinski definition) is 6. The third-order valence-corrected chi connectivity index (χ3v) is 6.18. The molecule has 0 amide bonds. The molecular weight excluding hydrogens is 394 g/mol. The second kappa shape index (κ2) is 10.7. The summed E-state index contributed by atoms with van der Waals surface area (Å²) < 4.78 is 9.54. The van der Waals surface area contributed by atoms with Crippen molar-refractivity contribution in [2.24, 2.45) is 12.0 Å². The zero-order valence-electron chi connectivity index (χ0n) is 18.8. The predicted octanol–water partition coefficient (Wildman–Crippen LogP) is 1.00. The molecule has 0 radical (unpaired) electrons. The molecule has 0 bridgehead atoms. The summed E-state index contributed by atoms with van der Waals surface area (Å²) in [5.41, 5.74) is 0.996. The molecule has 3 heterocycles. The van der Waals surface area contributed by atoms with Crippen LogP contribution in [-0.4, -0.2) is 74.8 Å². The fourth-order valence-electron chi connectivity index (χ4n) is 4.09. The maximum absolute atomic E-state index is 5.43. The highest BCUT2D eigenvalue weighted by molar-refractivity contribution is 5.79. The Morgan fingerprint density at radius 1 is 1.19 bits per heavy atom. The highest BCUT2D eigenvalue weighted by Gasteiger charge is 2.17. The van der Waals surface area contributed by atoms with E-state index in [9.17, 15) is 0 Å². The summed E-state index contributed by atoms with van der Waals surface area (Å²) in [4.78, 5) is 7.19. The number of nitrogens with one attached hydrogen (secondary N) is 2. The molecule has 2 aromatic rings. The largest absolute Gasteiger partial charge is 0.379 e. The first-order valence-corrected chi connectivity index (χ1v) is 11.4. The highest BCUT2D eigenvalue weighted by Crippen LogP contribution is 2.28. The lowest BCUT2D eigenvalue weighted by molar-refractivity contribution is 0.0389. The summed E-state index contributed by atoms with van der Waals surface area (Å²) in [5.74, 6) is 2.54. The van der Waals surface area contributed by atoms with Crippen LogP contribution in [0.25, 0.3) is 0 Å². The minimum Gasteiger partial charge on any atom is -0.379 e. The summed E-state index contributed by atoms with van der Waals surface area (Å²) in [7, 11) is 1.98. The van der Waals surface area contributed by atoms with Crippen LogP contribution in [0.1, 0.15) is 49.1 Å². The second-order valence-electron chi connectivity index (χ2n) is 8.35. The SMILES string of the molecule is Cc1nnc(CNC(=NCc2ccn(C3CCCC3)n2)NCCN2CCOCC2)n1C. The molecule has 1 saturated heterocycles. The van der Waals surface area contributed by atoms with E-state index in [1.807, 2.05) is 18.5 Å². The van der Waals surface area contributed by atoms with E-state index < -0.39 is 0 Å². The van der Waals surface area contributed by atoms with E-state index in [-0.39, 0.29) is 0 Å². The van der Waals surface area contributed by atoms with Gasteiger partial charge in [0.25, 0.3) is 0 Å². The fourth-order valence-corrected chi connectivity index (χ4v) is 4.09. The highest BCUT2D eigenvalue weighted by atomic mass is 16.5. The summed E-state index contributed by atoms with van der Waals surface area (Å²) in [6.07, 6.45) is 7.18. The van der Waals surface area contributed by atoms with Gasteiger partial charge < -0.3 is 19.9 Å². The molecule has 2 N–H and O–H groups in total. The molecule has 1 saturated carbocycles. The van der Waals surface area contributed by atoms with E-state index in [2.05, 4.69) is 42.7 Å². The molecule has 0 aromatic carbocycles. The minimum atomic E-state index is 0.546. The molecule has 4 rings (SSSR count). The number of nitrogens with zero attached hydrogens (tertiary/aromatic N) is 7. The van der Waals surface area contributed by atoms with Crippen LogP contribution in [0.5, 0.6) is 0 Å². The number of aryl methyl sites for hydroxylation is 1. The quantitative estimate of drug-likeness (QED) is 0.477. The first-order chi connectivity index (χ1) is 15.2. The fraction of sp³-hybridized carbons (Fsp3) is 0.714. The lowest BCUT2D eigenvalue weighted by Gasteiger charge is -2.26. The molecule has 0 unspecified atom stereocenters. The van der Waals surface area contributed by atoms with Gasteiger partial charge in [-0.1, -0.05) is 12.8 Å². The Balaban J connectivity index is 1.34. The summed E-state index contributed by atoms with van der Waals surface area (Å²) >= 11 is 0. The van der Waals surface area contributed by atoms with Crippen LogP contribution >= 0.6 is 0 Å². The molecule has 2 aliphatic rings. The smallest absolute Gasteiger partial charge is 0.192 e. The predicted molar refractivity (Wildman–Crippen MR) is 119 cm³/mol. The molecule has 2 aromatic heterocycles. The Labute approximate surface area is 184 Å². The zero-order valence-corrected chi connectivity index (χ0v) is 18.8.